The van der Waals surface area contributed by atoms with Gasteiger partial charge in [-0.25, -0.2) is 4.79 Å². The maximum absolute atomic E-state index is 11.1. The molecule has 0 unspecified atom stereocenters. The van der Waals surface area contributed by atoms with Crippen LogP contribution in [-0.2, 0) is 16.1 Å². The van der Waals surface area contributed by atoms with Gasteiger partial charge in [-0.15, -0.1) is 0 Å². The van der Waals surface area contributed by atoms with Crippen LogP contribution in [0.3, 0.4) is 0 Å². The van der Waals surface area contributed by atoms with Crippen LogP contribution in [0.2, 0.25) is 10.0 Å². The molecule has 0 saturated heterocycles. The van der Waals surface area contributed by atoms with Gasteiger partial charge in [0.15, 0.2) is 0 Å². The Morgan fingerprint density at radius 1 is 1.38 bits per heavy atom. The van der Waals surface area contributed by atoms with Gasteiger partial charge in [-0.2, -0.15) is 0 Å². The zero-order valence-electron chi connectivity index (χ0n) is 8.41. The fraction of sp³-hybridized carbons (Fsp3) is 0.200. The molecule has 1 rings (SSSR count). The molecule has 16 heavy (non-hydrogen) atoms. The third-order valence-corrected chi connectivity index (χ3v) is 2.54. The van der Waals surface area contributed by atoms with Crippen molar-refractivity contribution in [3.05, 3.63) is 33.8 Å². The highest BCUT2D eigenvalue weighted by Crippen LogP contribution is 2.21. The minimum atomic E-state index is -1.49. The van der Waals surface area contributed by atoms with Crippen molar-refractivity contribution in [2.75, 3.05) is 7.05 Å². The Hall–Kier alpha value is -1.26. The number of carboxylic acids is 1. The Morgan fingerprint density at radius 3 is 2.50 bits per heavy atom. The van der Waals surface area contributed by atoms with E-state index >= 15 is 0 Å². The zero-order chi connectivity index (χ0) is 12.3. The van der Waals surface area contributed by atoms with E-state index in [1.165, 1.54) is 13.1 Å². The SMILES string of the molecule is CN(Cc1ccc(Cl)cc1Cl)C(=O)C(=O)O. The molecule has 0 fully saturated rings. The van der Waals surface area contributed by atoms with Crippen LogP contribution in [0.4, 0.5) is 0 Å². The van der Waals surface area contributed by atoms with Crippen LogP contribution in [0.5, 0.6) is 0 Å². The molecule has 0 aliphatic carbocycles. The van der Waals surface area contributed by atoms with Crippen molar-refractivity contribution in [3.8, 4) is 0 Å². The summed E-state index contributed by atoms with van der Waals surface area (Å²) in [5.74, 6) is -2.47. The summed E-state index contributed by atoms with van der Waals surface area (Å²) in [6.45, 7) is 0.126. The Bertz CT molecular complexity index is 434. The van der Waals surface area contributed by atoms with Crippen molar-refractivity contribution in [1.29, 1.82) is 0 Å². The lowest BCUT2D eigenvalue weighted by Crippen LogP contribution is -2.32. The molecule has 0 spiro atoms. The molecule has 1 N–H and O–H groups in total. The molecule has 0 aliphatic rings. The number of nitrogens with zero attached hydrogens (tertiary/aromatic N) is 1. The van der Waals surface area contributed by atoms with Crippen LogP contribution in [-0.4, -0.2) is 28.9 Å². The van der Waals surface area contributed by atoms with Gasteiger partial charge in [0.1, 0.15) is 0 Å². The van der Waals surface area contributed by atoms with E-state index in [4.69, 9.17) is 28.3 Å². The van der Waals surface area contributed by atoms with Gasteiger partial charge in [0, 0.05) is 23.6 Å². The van der Waals surface area contributed by atoms with Crippen molar-refractivity contribution in [2.45, 2.75) is 6.54 Å². The number of carbonyl (C=O) groups excluding carboxylic acids is 1. The predicted molar refractivity (Wildman–Crippen MR) is 60.6 cm³/mol. The second kappa shape index (κ2) is 5.18. The maximum Gasteiger partial charge on any atom is 0.394 e. The van der Waals surface area contributed by atoms with E-state index in [2.05, 4.69) is 0 Å². The molecule has 1 aromatic carbocycles. The van der Waals surface area contributed by atoms with Crippen LogP contribution >= 0.6 is 23.2 Å². The van der Waals surface area contributed by atoms with Crippen molar-refractivity contribution >= 4 is 35.1 Å². The number of aliphatic carboxylic acids is 1. The molecule has 6 heteroatoms. The Morgan fingerprint density at radius 2 is 2.00 bits per heavy atom. The number of amides is 1. The minimum absolute atomic E-state index is 0.126. The summed E-state index contributed by atoms with van der Waals surface area (Å²) in [4.78, 5) is 22.6. The van der Waals surface area contributed by atoms with E-state index in [1.807, 2.05) is 0 Å². The van der Waals surface area contributed by atoms with E-state index in [0.29, 0.717) is 15.6 Å². The topological polar surface area (TPSA) is 57.6 Å². The molecule has 0 bridgehead atoms. The molecule has 0 aliphatic heterocycles. The van der Waals surface area contributed by atoms with Gasteiger partial charge in [-0.3, -0.25) is 4.79 Å². The highest BCUT2D eigenvalue weighted by molar-refractivity contribution is 6.35. The monoisotopic (exact) mass is 261 g/mol. The van der Waals surface area contributed by atoms with Gasteiger partial charge >= 0.3 is 11.9 Å². The Balaban J connectivity index is 2.81. The van der Waals surface area contributed by atoms with Gasteiger partial charge < -0.3 is 10.0 Å². The van der Waals surface area contributed by atoms with E-state index < -0.39 is 11.9 Å². The summed E-state index contributed by atoms with van der Waals surface area (Å²) >= 11 is 11.6. The summed E-state index contributed by atoms with van der Waals surface area (Å²) in [6, 6.07) is 4.82. The van der Waals surface area contributed by atoms with Crippen molar-refractivity contribution in [1.82, 2.24) is 4.90 Å². The first kappa shape index (κ1) is 12.8. The number of likely N-dealkylation sites (N-methyl/N-ethyl adjacent to an activating group) is 1. The van der Waals surface area contributed by atoms with Gasteiger partial charge in [-0.1, -0.05) is 29.3 Å². The molecular formula is C10H9Cl2NO3. The van der Waals surface area contributed by atoms with Crippen LogP contribution < -0.4 is 0 Å². The van der Waals surface area contributed by atoms with Gasteiger partial charge in [0.2, 0.25) is 0 Å². The predicted octanol–water partition coefficient (Wildman–Crippen LogP) is 2.04. The average Bonchev–Trinajstić information content (AvgIpc) is 2.20. The second-order valence-corrected chi connectivity index (χ2v) is 4.05. The molecule has 0 aromatic heterocycles. The summed E-state index contributed by atoms with van der Waals surface area (Å²) in [5, 5.41) is 9.39. The maximum atomic E-state index is 11.1. The zero-order valence-corrected chi connectivity index (χ0v) is 9.92. The number of hydrogen-bond donors (Lipinski definition) is 1. The van der Waals surface area contributed by atoms with Crippen LogP contribution in [0.1, 0.15) is 5.56 Å². The third kappa shape index (κ3) is 3.12. The fourth-order valence-electron chi connectivity index (χ4n) is 1.14. The van der Waals surface area contributed by atoms with Gasteiger partial charge in [0.05, 0.1) is 0 Å². The van der Waals surface area contributed by atoms with Crippen molar-refractivity contribution < 1.29 is 14.7 Å². The normalized spacial score (nSPS) is 9.94. The van der Waals surface area contributed by atoms with E-state index in [9.17, 15) is 9.59 Å². The lowest BCUT2D eigenvalue weighted by Gasteiger charge is -2.15. The number of rotatable bonds is 2. The number of carboxylic acid groups (broad SMARTS) is 1. The summed E-state index contributed by atoms with van der Waals surface area (Å²) in [6.07, 6.45) is 0. The molecule has 0 heterocycles. The molecule has 0 radical (unpaired) electrons. The van der Waals surface area contributed by atoms with Crippen molar-refractivity contribution in [2.24, 2.45) is 0 Å². The average molecular weight is 262 g/mol. The molecule has 4 nitrogen and oxygen atoms in total. The molecule has 86 valence electrons. The lowest BCUT2D eigenvalue weighted by molar-refractivity contribution is -0.155. The number of halogens is 2. The first-order chi connectivity index (χ1) is 7.41. The third-order valence-electron chi connectivity index (χ3n) is 1.95. The van der Waals surface area contributed by atoms with E-state index in [-0.39, 0.29) is 6.54 Å². The Labute approximate surface area is 102 Å². The highest BCUT2D eigenvalue weighted by atomic mass is 35.5. The second-order valence-electron chi connectivity index (χ2n) is 3.20. The summed E-state index contributed by atoms with van der Waals surface area (Å²) in [5.41, 5.74) is 0.642. The Kier molecular flexibility index (Phi) is 4.15. The van der Waals surface area contributed by atoms with Gasteiger partial charge in [0.25, 0.3) is 0 Å². The first-order valence-corrected chi connectivity index (χ1v) is 5.09. The molecule has 1 amide bonds. The molecular weight excluding hydrogens is 253 g/mol. The molecule has 0 saturated carbocycles. The fourth-order valence-corrected chi connectivity index (χ4v) is 1.61. The van der Waals surface area contributed by atoms with Crippen molar-refractivity contribution in [3.63, 3.8) is 0 Å². The number of carbonyl (C=O) groups is 2. The number of benzene rings is 1. The van der Waals surface area contributed by atoms with Crippen LogP contribution in [0.15, 0.2) is 18.2 Å². The molecule has 1 aromatic rings. The van der Waals surface area contributed by atoms with E-state index in [1.54, 1.807) is 12.1 Å². The standard InChI is InChI=1S/C10H9Cl2NO3/c1-13(9(14)10(15)16)5-6-2-3-7(11)4-8(6)12/h2-4H,5H2,1H3,(H,15,16). The smallest absolute Gasteiger partial charge is 0.394 e. The summed E-state index contributed by atoms with van der Waals surface area (Å²) in [7, 11) is 1.39. The molecule has 0 atom stereocenters. The van der Waals surface area contributed by atoms with Crippen LogP contribution in [0, 0.1) is 0 Å². The minimum Gasteiger partial charge on any atom is -0.474 e. The quantitative estimate of drug-likeness (QED) is 0.829. The van der Waals surface area contributed by atoms with E-state index in [0.717, 1.165) is 4.90 Å². The van der Waals surface area contributed by atoms with Crippen LogP contribution in [0.25, 0.3) is 0 Å². The highest BCUT2D eigenvalue weighted by Gasteiger charge is 2.17. The first-order valence-electron chi connectivity index (χ1n) is 4.34. The largest absolute Gasteiger partial charge is 0.474 e. The van der Waals surface area contributed by atoms with Gasteiger partial charge in [-0.05, 0) is 17.7 Å². The lowest BCUT2D eigenvalue weighted by atomic mass is 10.2. The summed E-state index contributed by atoms with van der Waals surface area (Å²) < 4.78 is 0. The number of hydrogen-bond acceptors (Lipinski definition) is 2.